The van der Waals surface area contributed by atoms with E-state index in [4.69, 9.17) is 5.73 Å². The zero-order valence-electron chi connectivity index (χ0n) is 9.19. The monoisotopic (exact) mass is 207 g/mol. The Bertz CT molecular complexity index is 319. The van der Waals surface area contributed by atoms with Gasteiger partial charge < -0.3 is 10.5 Å². The van der Waals surface area contributed by atoms with Gasteiger partial charge in [-0.1, -0.05) is 29.8 Å². The van der Waals surface area contributed by atoms with Gasteiger partial charge in [0.1, 0.15) is 0 Å². The number of hydrogen-bond donors (Lipinski definition) is 1. The Labute approximate surface area is 90.2 Å². The van der Waals surface area contributed by atoms with Gasteiger partial charge in [-0.3, -0.25) is 4.79 Å². The predicted molar refractivity (Wildman–Crippen MR) is 59.4 cm³/mol. The van der Waals surface area contributed by atoms with Crippen molar-refractivity contribution in [2.45, 2.75) is 25.8 Å². The van der Waals surface area contributed by atoms with Crippen molar-refractivity contribution in [3.8, 4) is 0 Å². The van der Waals surface area contributed by atoms with Crippen LogP contribution in [0.2, 0.25) is 0 Å². The zero-order valence-corrected chi connectivity index (χ0v) is 9.19. The molecule has 1 rings (SSSR count). The molecule has 2 N–H and O–H groups in total. The third-order valence-electron chi connectivity index (χ3n) is 2.39. The Morgan fingerprint density at radius 1 is 1.40 bits per heavy atom. The molecule has 0 fully saturated rings. The van der Waals surface area contributed by atoms with Crippen LogP contribution in [0.5, 0.6) is 0 Å². The van der Waals surface area contributed by atoms with Crippen molar-refractivity contribution in [3.05, 3.63) is 35.4 Å². The lowest BCUT2D eigenvalue weighted by molar-refractivity contribution is -0.140. The van der Waals surface area contributed by atoms with Gasteiger partial charge in [0.05, 0.1) is 7.11 Å². The number of aryl methyl sites for hydroxylation is 1. The molecule has 15 heavy (non-hydrogen) atoms. The van der Waals surface area contributed by atoms with Gasteiger partial charge in [-0.05, 0) is 18.9 Å². The molecule has 0 radical (unpaired) electrons. The lowest BCUT2D eigenvalue weighted by Crippen LogP contribution is -2.12. The molecule has 1 atom stereocenters. The number of nitrogens with two attached hydrogens (primary N) is 1. The highest BCUT2D eigenvalue weighted by Crippen LogP contribution is 2.16. The smallest absolute Gasteiger partial charge is 0.305 e. The first-order valence-electron chi connectivity index (χ1n) is 5.02. The molecule has 0 aromatic heterocycles. The van der Waals surface area contributed by atoms with Crippen LogP contribution in [-0.4, -0.2) is 13.1 Å². The molecular formula is C12H17NO2. The third-order valence-corrected chi connectivity index (χ3v) is 2.39. The summed E-state index contributed by atoms with van der Waals surface area (Å²) in [5.41, 5.74) is 8.21. The topological polar surface area (TPSA) is 52.3 Å². The Kier molecular flexibility index (Phi) is 4.31. The molecule has 1 aromatic rings. The minimum Gasteiger partial charge on any atom is -0.469 e. The second-order valence-electron chi connectivity index (χ2n) is 3.63. The molecule has 1 aromatic carbocycles. The summed E-state index contributed by atoms with van der Waals surface area (Å²) in [5.74, 6) is -0.211. The van der Waals surface area contributed by atoms with Crippen molar-refractivity contribution in [2.75, 3.05) is 7.11 Å². The van der Waals surface area contributed by atoms with E-state index in [2.05, 4.69) is 4.74 Å². The second kappa shape index (κ2) is 5.51. The van der Waals surface area contributed by atoms with Gasteiger partial charge in [0.2, 0.25) is 0 Å². The van der Waals surface area contributed by atoms with Gasteiger partial charge >= 0.3 is 5.97 Å². The predicted octanol–water partition coefficient (Wildman–Crippen LogP) is 1.95. The summed E-state index contributed by atoms with van der Waals surface area (Å²) in [6.07, 6.45) is 0.987. The Morgan fingerprint density at radius 2 is 2.00 bits per heavy atom. The molecule has 0 aliphatic heterocycles. The third kappa shape index (κ3) is 3.72. The molecular weight excluding hydrogens is 190 g/mol. The molecule has 0 saturated heterocycles. The van der Waals surface area contributed by atoms with Crippen molar-refractivity contribution in [1.82, 2.24) is 0 Å². The maximum atomic E-state index is 10.9. The molecule has 0 bridgehead atoms. The highest BCUT2D eigenvalue weighted by atomic mass is 16.5. The number of methoxy groups -OCH3 is 1. The number of hydrogen-bond acceptors (Lipinski definition) is 3. The highest BCUT2D eigenvalue weighted by Gasteiger charge is 2.08. The zero-order chi connectivity index (χ0) is 11.3. The van der Waals surface area contributed by atoms with Crippen LogP contribution in [-0.2, 0) is 9.53 Å². The standard InChI is InChI=1S/C12H17NO2/c1-9-3-5-10(6-4-9)11(13)7-8-12(14)15-2/h3-6,11H,7-8,13H2,1-2H3/t11-/m1/s1. The molecule has 3 nitrogen and oxygen atoms in total. The fourth-order valence-electron chi connectivity index (χ4n) is 1.36. The van der Waals surface area contributed by atoms with E-state index in [1.54, 1.807) is 0 Å². The number of carbonyl (C=O) groups excluding carboxylic acids is 1. The van der Waals surface area contributed by atoms with Crippen LogP contribution in [0.3, 0.4) is 0 Å². The number of benzene rings is 1. The molecule has 0 saturated carbocycles. The summed E-state index contributed by atoms with van der Waals surface area (Å²) >= 11 is 0. The highest BCUT2D eigenvalue weighted by molar-refractivity contribution is 5.69. The maximum absolute atomic E-state index is 10.9. The number of ether oxygens (including phenoxy) is 1. The van der Waals surface area contributed by atoms with Crippen LogP contribution >= 0.6 is 0 Å². The van der Waals surface area contributed by atoms with Gasteiger partial charge in [-0.15, -0.1) is 0 Å². The summed E-state index contributed by atoms with van der Waals surface area (Å²) in [5, 5.41) is 0. The van der Waals surface area contributed by atoms with Crippen LogP contribution in [0.4, 0.5) is 0 Å². The summed E-state index contributed by atoms with van der Waals surface area (Å²) < 4.78 is 4.56. The van der Waals surface area contributed by atoms with E-state index in [0.29, 0.717) is 12.8 Å². The number of esters is 1. The summed E-state index contributed by atoms with van der Waals surface area (Å²) in [4.78, 5) is 10.9. The fraction of sp³-hybridized carbons (Fsp3) is 0.417. The van der Waals surface area contributed by atoms with Gasteiger partial charge in [-0.2, -0.15) is 0 Å². The van der Waals surface area contributed by atoms with E-state index in [0.717, 1.165) is 5.56 Å². The van der Waals surface area contributed by atoms with E-state index in [1.807, 2.05) is 31.2 Å². The van der Waals surface area contributed by atoms with E-state index >= 15 is 0 Å². The van der Waals surface area contributed by atoms with Crippen LogP contribution < -0.4 is 5.73 Å². The van der Waals surface area contributed by atoms with Gasteiger partial charge in [0, 0.05) is 12.5 Å². The van der Waals surface area contributed by atoms with Gasteiger partial charge in [0.25, 0.3) is 0 Å². The van der Waals surface area contributed by atoms with E-state index < -0.39 is 0 Å². The largest absolute Gasteiger partial charge is 0.469 e. The first kappa shape index (κ1) is 11.7. The molecule has 0 aliphatic rings. The lowest BCUT2D eigenvalue weighted by Gasteiger charge is -2.11. The second-order valence-corrected chi connectivity index (χ2v) is 3.63. The molecule has 0 spiro atoms. The van der Waals surface area contributed by atoms with Crippen molar-refractivity contribution in [1.29, 1.82) is 0 Å². The van der Waals surface area contributed by atoms with E-state index in [9.17, 15) is 4.79 Å². The first-order chi connectivity index (χ1) is 7.13. The summed E-state index contributed by atoms with van der Waals surface area (Å²) in [6, 6.07) is 7.94. The Hall–Kier alpha value is -1.35. The van der Waals surface area contributed by atoms with Crippen molar-refractivity contribution in [3.63, 3.8) is 0 Å². The Morgan fingerprint density at radius 3 is 2.53 bits per heavy atom. The molecule has 0 unspecified atom stereocenters. The number of rotatable bonds is 4. The fourth-order valence-corrected chi connectivity index (χ4v) is 1.36. The maximum Gasteiger partial charge on any atom is 0.305 e. The summed E-state index contributed by atoms with van der Waals surface area (Å²) in [6.45, 7) is 2.03. The Balaban J connectivity index is 2.50. The molecule has 3 heteroatoms. The molecule has 82 valence electrons. The molecule has 0 aliphatic carbocycles. The first-order valence-corrected chi connectivity index (χ1v) is 5.02. The minimum atomic E-state index is -0.211. The van der Waals surface area contributed by atoms with E-state index in [-0.39, 0.29) is 12.0 Å². The number of carbonyl (C=O) groups is 1. The SMILES string of the molecule is COC(=O)CC[C@@H](N)c1ccc(C)cc1. The molecule has 0 amide bonds. The van der Waals surface area contributed by atoms with Crippen LogP contribution in [0.15, 0.2) is 24.3 Å². The van der Waals surface area contributed by atoms with Gasteiger partial charge in [0.15, 0.2) is 0 Å². The average Bonchev–Trinajstić information content (AvgIpc) is 2.26. The average molecular weight is 207 g/mol. The lowest BCUT2D eigenvalue weighted by atomic mass is 10.0. The quantitative estimate of drug-likeness (QED) is 0.768. The van der Waals surface area contributed by atoms with Crippen molar-refractivity contribution >= 4 is 5.97 Å². The summed E-state index contributed by atoms with van der Waals surface area (Å²) in [7, 11) is 1.39. The van der Waals surface area contributed by atoms with E-state index in [1.165, 1.54) is 12.7 Å². The normalized spacial score (nSPS) is 12.2. The van der Waals surface area contributed by atoms with Gasteiger partial charge in [-0.25, -0.2) is 0 Å². The molecule has 0 heterocycles. The van der Waals surface area contributed by atoms with Crippen molar-refractivity contribution < 1.29 is 9.53 Å². The van der Waals surface area contributed by atoms with Crippen LogP contribution in [0, 0.1) is 6.92 Å². The van der Waals surface area contributed by atoms with Crippen LogP contribution in [0.25, 0.3) is 0 Å². The minimum absolute atomic E-state index is 0.0929. The van der Waals surface area contributed by atoms with Crippen molar-refractivity contribution in [2.24, 2.45) is 5.73 Å². The van der Waals surface area contributed by atoms with Crippen LogP contribution in [0.1, 0.15) is 30.0 Å².